The van der Waals surface area contributed by atoms with Crippen molar-refractivity contribution >= 4 is 26.5 Å². The predicted octanol–water partition coefficient (Wildman–Crippen LogP) is 3.83. The Hall–Kier alpha value is -4.20. The van der Waals surface area contributed by atoms with E-state index in [2.05, 4.69) is 38.8 Å². The molecule has 4 aromatic rings. The van der Waals surface area contributed by atoms with Crippen molar-refractivity contribution in [2.24, 2.45) is 0 Å². The van der Waals surface area contributed by atoms with Crippen molar-refractivity contribution in [2.45, 2.75) is 13.1 Å². The maximum Gasteiger partial charge on any atom is 0.118 e. The molecule has 1 N–H and O–H groups in total. The van der Waals surface area contributed by atoms with Crippen LogP contribution in [0.5, 0.6) is 11.5 Å². The number of nitrogens with zero attached hydrogens (tertiary/aromatic N) is 4. The lowest BCUT2D eigenvalue weighted by Gasteiger charge is -2.25. The van der Waals surface area contributed by atoms with Crippen LogP contribution in [-0.2, 0) is 22.2 Å². The highest BCUT2D eigenvalue weighted by Crippen LogP contribution is 2.18. The molecular formula is C38H43N5O4P2. The zero-order chi connectivity index (χ0) is 34.6. The number of aromatic nitrogens is 2. The van der Waals surface area contributed by atoms with E-state index in [1.54, 1.807) is 27.5 Å². The zero-order valence-corrected chi connectivity index (χ0v) is 30.5. The second-order valence-electron chi connectivity index (χ2n) is 11.8. The largest absolute Gasteiger partial charge is 0.497 e. The summed E-state index contributed by atoms with van der Waals surface area (Å²) in [5, 5.41) is 3.56. The lowest BCUT2D eigenvalue weighted by Crippen LogP contribution is -2.36. The van der Waals surface area contributed by atoms with Gasteiger partial charge in [0, 0.05) is 74.6 Å². The third-order valence-electron chi connectivity index (χ3n) is 8.07. The maximum atomic E-state index is 12.6. The van der Waals surface area contributed by atoms with Gasteiger partial charge in [0.15, 0.2) is 0 Å². The van der Waals surface area contributed by atoms with E-state index in [-0.39, 0.29) is 0 Å². The van der Waals surface area contributed by atoms with Crippen LogP contribution in [0.25, 0.3) is 0 Å². The van der Waals surface area contributed by atoms with Gasteiger partial charge >= 0.3 is 0 Å². The molecule has 254 valence electrons. The Morgan fingerprint density at radius 2 is 1.00 bits per heavy atom. The number of nitrogens with one attached hydrogen (secondary N) is 1. The predicted molar refractivity (Wildman–Crippen MR) is 199 cm³/mol. The number of hydrogen-bond donors (Lipinski definition) is 1. The average Bonchev–Trinajstić information content (AvgIpc) is 3.22. The SMILES string of the molecule is COc1ccc(C#Cc2cc(CN3CCNCCN(Cc4cc(C#Cc5ccc(OC)cc5)cc([PH](C)=O)n4)CC3)nc([PH](C)=O)c2)cc1. The number of ether oxygens (including phenoxy) is 2. The second-order valence-corrected chi connectivity index (χ2v) is 15.1. The van der Waals surface area contributed by atoms with Crippen LogP contribution in [0.2, 0.25) is 0 Å². The van der Waals surface area contributed by atoms with E-state index < -0.39 is 15.6 Å². The van der Waals surface area contributed by atoms with Crippen molar-refractivity contribution < 1.29 is 18.6 Å². The first-order valence-corrected chi connectivity index (χ1v) is 20.1. The van der Waals surface area contributed by atoms with Gasteiger partial charge in [-0.15, -0.1) is 0 Å². The van der Waals surface area contributed by atoms with Crippen LogP contribution in [0.3, 0.4) is 0 Å². The summed E-state index contributed by atoms with van der Waals surface area (Å²) >= 11 is 0. The van der Waals surface area contributed by atoms with E-state index >= 15 is 0 Å². The van der Waals surface area contributed by atoms with Crippen molar-refractivity contribution in [3.63, 3.8) is 0 Å². The fraction of sp³-hybridized carbons (Fsp3) is 0.316. The van der Waals surface area contributed by atoms with Crippen LogP contribution in [-0.4, -0.2) is 86.6 Å². The Morgan fingerprint density at radius 3 is 1.37 bits per heavy atom. The first kappa shape index (κ1) is 36.1. The van der Waals surface area contributed by atoms with Gasteiger partial charge in [-0.1, -0.05) is 23.7 Å². The number of benzene rings is 2. The first-order valence-electron chi connectivity index (χ1n) is 16.3. The highest BCUT2D eigenvalue weighted by molar-refractivity contribution is 7.52. The molecule has 5 rings (SSSR count). The monoisotopic (exact) mass is 695 g/mol. The van der Waals surface area contributed by atoms with Gasteiger partial charge in [0.2, 0.25) is 0 Å². The highest BCUT2D eigenvalue weighted by atomic mass is 31.1. The van der Waals surface area contributed by atoms with Gasteiger partial charge in [-0.2, -0.15) is 0 Å². The van der Waals surface area contributed by atoms with Crippen LogP contribution in [0.1, 0.15) is 33.6 Å². The summed E-state index contributed by atoms with van der Waals surface area (Å²) in [5.74, 6) is 14.5. The van der Waals surface area contributed by atoms with Gasteiger partial charge < -0.3 is 23.9 Å². The van der Waals surface area contributed by atoms with Crippen molar-refractivity contribution in [3.05, 3.63) is 106 Å². The quantitative estimate of drug-likeness (QED) is 0.218. The van der Waals surface area contributed by atoms with Gasteiger partial charge in [-0.25, -0.2) is 9.97 Å². The molecule has 2 aromatic carbocycles. The van der Waals surface area contributed by atoms with Crippen molar-refractivity contribution in [3.8, 4) is 35.2 Å². The molecule has 2 unspecified atom stereocenters. The van der Waals surface area contributed by atoms with Crippen LogP contribution < -0.4 is 25.7 Å². The molecule has 11 heteroatoms. The van der Waals surface area contributed by atoms with Gasteiger partial charge in [-0.3, -0.25) is 9.80 Å². The maximum absolute atomic E-state index is 12.6. The summed E-state index contributed by atoms with van der Waals surface area (Å²) in [6, 6.07) is 22.9. The van der Waals surface area contributed by atoms with Crippen LogP contribution >= 0.6 is 15.6 Å². The molecule has 2 atom stereocenters. The van der Waals surface area contributed by atoms with Crippen molar-refractivity contribution in [1.82, 2.24) is 25.1 Å². The second kappa shape index (κ2) is 18.0. The van der Waals surface area contributed by atoms with E-state index in [1.165, 1.54) is 0 Å². The molecule has 1 saturated heterocycles. The molecule has 3 heterocycles. The van der Waals surface area contributed by atoms with Crippen molar-refractivity contribution in [2.75, 3.05) is 66.8 Å². The van der Waals surface area contributed by atoms with Gasteiger partial charge in [0.25, 0.3) is 0 Å². The smallest absolute Gasteiger partial charge is 0.118 e. The van der Waals surface area contributed by atoms with Crippen LogP contribution in [0.4, 0.5) is 0 Å². The zero-order valence-electron chi connectivity index (χ0n) is 28.5. The lowest BCUT2D eigenvalue weighted by atomic mass is 10.1. The van der Waals surface area contributed by atoms with Gasteiger partial charge in [0.1, 0.15) is 27.1 Å². The van der Waals surface area contributed by atoms with Gasteiger partial charge in [-0.05, 0) is 86.1 Å². The number of methoxy groups -OCH3 is 2. The molecule has 1 fully saturated rings. The minimum absolute atomic E-state index is 0.595. The number of rotatable bonds is 8. The summed E-state index contributed by atoms with van der Waals surface area (Å²) < 4.78 is 35.6. The van der Waals surface area contributed by atoms with E-state index in [9.17, 15) is 9.13 Å². The third-order valence-corrected chi connectivity index (χ3v) is 10.0. The lowest BCUT2D eigenvalue weighted by molar-refractivity contribution is 0.207. The van der Waals surface area contributed by atoms with Crippen molar-refractivity contribution in [1.29, 1.82) is 0 Å². The molecule has 0 saturated carbocycles. The Morgan fingerprint density at radius 1 is 0.612 bits per heavy atom. The molecule has 0 spiro atoms. The fourth-order valence-electron chi connectivity index (χ4n) is 5.36. The van der Waals surface area contributed by atoms with Crippen LogP contribution in [0, 0.1) is 23.7 Å². The third kappa shape index (κ3) is 11.2. The molecule has 9 nitrogen and oxygen atoms in total. The molecule has 1 aliphatic rings. The van der Waals surface area contributed by atoms with Crippen LogP contribution in [0.15, 0.2) is 72.8 Å². The standard InChI is InChI=1S/C38H43N5O4P2/c1-46-35-13-9-29(10-14-35)5-7-31-23-33(40-37(25-31)48(3)44)27-42-19-17-39-18-20-43(22-21-42)28-34-24-32(26-38(41-34)49(4)45)8-6-30-11-15-36(47-2)16-12-30/h9-16,23-26,39,48-49H,17-22,27-28H2,1-4H3. The Labute approximate surface area is 291 Å². The summed E-state index contributed by atoms with van der Waals surface area (Å²) in [6.45, 7) is 9.69. The van der Waals surface area contributed by atoms with E-state index in [1.807, 2.05) is 72.8 Å². The Bertz CT molecular complexity index is 1770. The number of hydrogen-bond acceptors (Lipinski definition) is 9. The molecule has 0 aliphatic carbocycles. The highest BCUT2D eigenvalue weighted by Gasteiger charge is 2.16. The fourth-order valence-corrected chi connectivity index (χ4v) is 6.68. The first-order chi connectivity index (χ1) is 23.8. The van der Waals surface area contributed by atoms with E-state index in [0.717, 1.165) is 84.4 Å². The molecule has 2 aromatic heterocycles. The molecule has 1 aliphatic heterocycles. The normalized spacial score (nSPS) is 15.3. The summed E-state index contributed by atoms with van der Waals surface area (Å²) in [7, 11) is -0.743. The summed E-state index contributed by atoms with van der Waals surface area (Å²) in [6.07, 6.45) is 0. The Kier molecular flexibility index (Phi) is 13.2. The van der Waals surface area contributed by atoms with E-state index in [0.29, 0.717) is 24.0 Å². The molecule has 0 radical (unpaired) electrons. The summed E-state index contributed by atoms with van der Waals surface area (Å²) in [5.41, 5.74) is 6.24. The molecule has 49 heavy (non-hydrogen) atoms. The molecule has 0 bridgehead atoms. The van der Waals surface area contributed by atoms with E-state index in [4.69, 9.17) is 19.4 Å². The summed E-state index contributed by atoms with van der Waals surface area (Å²) in [4.78, 5) is 14.3. The minimum atomic E-state index is -2.01. The van der Waals surface area contributed by atoms with Gasteiger partial charge in [0.05, 0.1) is 36.5 Å². The molecule has 0 amide bonds. The topological polar surface area (TPSA) is 96.9 Å². The number of pyridine rings is 2. The Balaban J connectivity index is 1.30. The average molecular weight is 696 g/mol. The minimum Gasteiger partial charge on any atom is -0.497 e. The molecular weight excluding hydrogens is 652 g/mol.